The summed E-state index contributed by atoms with van der Waals surface area (Å²) in [6, 6.07) is 6.09. The molecule has 7 heteroatoms. The molecular formula is C14H15FN4O2. The van der Waals surface area contributed by atoms with Gasteiger partial charge in [0.25, 0.3) is 5.91 Å². The summed E-state index contributed by atoms with van der Waals surface area (Å²) in [4.78, 5) is 24.3. The van der Waals surface area contributed by atoms with Gasteiger partial charge in [0.05, 0.1) is 23.6 Å². The lowest BCUT2D eigenvalue weighted by Crippen LogP contribution is -2.23. The zero-order valence-corrected chi connectivity index (χ0v) is 11.7. The van der Waals surface area contributed by atoms with Gasteiger partial charge in [-0.05, 0) is 38.1 Å². The predicted octanol–water partition coefficient (Wildman–Crippen LogP) is 2.35. The summed E-state index contributed by atoms with van der Waals surface area (Å²) in [5.41, 5.74) is 3.83. The second kappa shape index (κ2) is 6.76. The molecule has 0 saturated carbocycles. The molecule has 2 aromatic heterocycles. The number of aryl methyl sites for hydroxylation is 1. The third-order valence-electron chi connectivity index (χ3n) is 2.65. The maximum Gasteiger partial charge on any atom is 0.276 e. The van der Waals surface area contributed by atoms with E-state index in [0.717, 1.165) is 0 Å². The summed E-state index contributed by atoms with van der Waals surface area (Å²) in [5.74, 6) is -0.371. The van der Waals surface area contributed by atoms with Gasteiger partial charge in [-0.3, -0.25) is 9.63 Å². The van der Waals surface area contributed by atoms with Gasteiger partial charge in [-0.25, -0.2) is 15.4 Å². The quantitative estimate of drug-likeness (QED) is 0.653. The van der Waals surface area contributed by atoms with E-state index in [9.17, 15) is 9.18 Å². The van der Waals surface area contributed by atoms with Crippen LogP contribution in [0, 0.1) is 12.9 Å². The van der Waals surface area contributed by atoms with Crippen molar-refractivity contribution in [3.63, 3.8) is 0 Å². The molecule has 0 unspecified atom stereocenters. The Morgan fingerprint density at radius 2 is 2.14 bits per heavy atom. The van der Waals surface area contributed by atoms with Gasteiger partial charge in [-0.2, -0.15) is 4.39 Å². The van der Waals surface area contributed by atoms with Crippen molar-refractivity contribution >= 4 is 17.4 Å². The highest BCUT2D eigenvalue weighted by molar-refractivity contribution is 5.93. The Morgan fingerprint density at radius 1 is 1.33 bits per heavy atom. The predicted molar refractivity (Wildman–Crippen MR) is 75.5 cm³/mol. The van der Waals surface area contributed by atoms with Crippen molar-refractivity contribution in [2.75, 3.05) is 11.9 Å². The Kier molecular flexibility index (Phi) is 4.78. The number of rotatable bonds is 5. The van der Waals surface area contributed by atoms with Crippen LogP contribution in [0.25, 0.3) is 0 Å². The highest BCUT2D eigenvalue weighted by atomic mass is 19.1. The van der Waals surface area contributed by atoms with Gasteiger partial charge >= 0.3 is 0 Å². The van der Waals surface area contributed by atoms with E-state index in [4.69, 9.17) is 4.84 Å². The van der Waals surface area contributed by atoms with E-state index in [2.05, 4.69) is 20.8 Å². The molecule has 0 spiro atoms. The van der Waals surface area contributed by atoms with Crippen molar-refractivity contribution in [1.82, 2.24) is 15.4 Å². The number of aromatic nitrogens is 2. The minimum Gasteiger partial charge on any atom is -0.339 e. The van der Waals surface area contributed by atoms with Gasteiger partial charge in [0, 0.05) is 6.20 Å². The SMILES string of the molecule is CCONC(=O)c1ccc(Nc2ccc(F)nc2C)nc1. The van der Waals surface area contributed by atoms with Crippen LogP contribution in [-0.2, 0) is 4.84 Å². The monoisotopic (exact) mass is 290 g/mol. The number of carbonyl (C=O) groups excluding carboxylic acids is 1. The van der Waals surface area contributed by atoms with Crippen molar-refractivity contribution in [3.8, 4) is 0 Å². The van der Waals surface area contributed by atoms with Crippen LogP contribution in [-0.4, -0.2) is 22.5 Å². The Balaban J connectivity index is 2.07. The average molecular weight is 290 g/mol. The average Bonchev–Trinajstić information content (AvgIpc) is 2.48. The van der Waals surface area contributed by atoms with Crippen LogP contribution in [0.2, 0.25) is 0 Å². The molecule has 1 amide bonds. The van der Waals surface area contributed by atoms with Gasteiger partial charge in [0.15, 0.2) is 0 Å². The third kappa shape index (κ3) is 3.96. The number of anilines is 2. The minimum absolute atomic E-state index is 0.365. The molecule has 0 aliphatic heterocycles. The molecule has 2 heterocycles. The minimum atomic E-state index is -0.533. The molecule has 0 fully saturated rings. The Bertz CT molecular complexity index is 631. The number of nitrogens with one attached hydrogen (secondary N) is 2. The topological polar surface area (TPSA) is 76.1 Å². The molecular weight excluding hydrogens is 275 g/mol. The van der Waals surface area contributed by atoms with Gasteiger partial charge in [0.2, 0.25) is 5.95 Å². The number of pyridine rings is 2. The summed E-state index contributed by atoms with van der Waals surface area (Å²) in [6.45, 7) is 3.84. The molecule has 0 saturated heterocycles. The summed E-state index contributed by atoms with van der Waals surface area (Å²) < 4.78 is 12.9. The maximum atomic E-state index is 12.9. The van der Waals surface area contributed by atoms with E-state index in [1.165, 1.54) is 12.3 Å². The molecule has 0 radical (unpaired) electrons. The molecule has 0 aromatic carbocycles. The van der Waals surface area contributed by atoms with Crippen LogP contribution in [0.3, 0.4) is 0 Å². The van der Waals surface area contributed by atoms with Gasteiger partial charge in [-0.1, -0.05) is 0 Å². The van der Waals surface area contributed by atoms with Crippen molar-refractivity contribution in [1.29, 1.82) is 0 Å². The highest BCUT2D eigenvalue weighted by Crippen LogP contribution is 2.17. The van der Waals surface area contributed by atoms with Crippen molar-refractivity contribution in [2.45, 2.75) is 13.8 Å². The van der Waals surface area contributed by atoms with Crippen LogP contribution >= 0.6 is 0 Å². The van der Waals surface area contributed by atoms with Crippen LogP contribution in [0.15, 0.2) is 30.5 Å². The molecule has 0 bridgehead atoms. The smallest absolute Gasteiger partial charge is 0.276 e. The molecule has 0 atom stereocenters. The Labute approximate surface area is 121 Å². The lowest BCUT2D eigenvalue weighted by molar-refractivity contribution is 0.0364. The third-order valence-corrected chi connectivity index (χ3v) is 2.65. The van der Waals surface area contributed by atoms with E-state index in [0.29, 0.717) is 29.4 Å². The fourth-order valence-electron chi connectivity index (χ4n) is 1.60. The lowest BCUT2D eigenvalue weighted by Gasteiger charge is -2.08. The van der Waals surface area contributed by atoms with Crippen LogP contribution in [0.5, 0.6) is 0 Å². The van der Waals surface area contributed by atoms with Crippen LogP contribution < -0.4 is 10.8 Å². The van der Waals surface area contributed by atoms with E-state index in [-0.39, 0.29) is 5.91 Å². The largest absolute Gasteiger partial charge is 0.339 e. The first-order valence-corrected chi connectivity index (χ1v) is 6.38. The molecule has 21 heavy (non-hydrogen) atoms. The van der Waals surface area contributed by atoms with Crippen LogP contribution in [0.1, 0.15) is 23.0 Å². The van der Waals surface area contributed by atoms with E-state index >= 15 is 0 Å². The zero-order chi connectivity index (χ0) is 15.2. The maximum absolute atomic E-state index is 12.9. The standard InChI is InChI=1S/C14H15FN4O2/c1-3-21-19-14(20)10-4-7-13(16-8-10)18-11-5-6-12(15)17-9(11)2/h4-8H,3H2,1-2H3,(H,16,18)(H,19,20). The normalized spacial score (nSPS) is 10.2. The number of hydrogen-bond donors (Lipinski definition) is 2. The Hall–Kier alpha value is -2.54. The fraction of sp³-hybridized carbons (Fsp3) is 0.214. The molecule has 110 valence electrons. The molecule has 2 rings (SSSR count). The van der Waals surface area contributed by atoms with E-state index < -0.39 is 5.95 Å². The van der Waals surface area contributed by atoms with E-state index in [1.807, 2.05) is 0 Å². The molecule has 2 N–H and O–H groups in total. The van der Waals surface area contributed by atoms with Gasteiger partial charge < -0.3 is 5.32 Å². The molecule has 0 aliphatic rings. The van der Waals surface area contributed by atoms with E-state index in [1.54, 1.807) is 32.0 Å². The molecule has 2 aromatic rings. The number of nitrogens with zero attached hydrogens (tertiary/aromatic N) is 2. The lowest BCUT2D eigenvalue weighted by atomic mass is 10.2. The summed E-state index contributed by atoms with van der Waals surface area (Å²) >= 11 is 0. The number of carbonyl (C=O) groups is 1. The summed E-state index contributed by atoms with van der Waals surface area (Å²) in [7, 11) is 0. The molecule has 6 nitrogen and oxygen atoms in total. The molecule has 0 aliphatic carbocycles. The van der Waals surface area contributed by atoms with Gasteiger partial charge in [0.1, 0.15) is 5.82 Å². The second-order valence-electron chi connectivity index (χ2n) is 4.19. The number of amides is 1. The number of hydroxylamine groups is 1. The van der Waals surface area contributed by atoms with Crippen molar-refractivity contribution < 1.29 is 14.0 Å². The van der Waals surface area contributed by atoms with Crippen molar-refractivity contribution in [2.24, 2.45) is 0 Å². The summed E-state index contributed by atoms with van der Waals surface area (Å²) in [5, 5.41) is 3.01. The van der Waals surface area contributed by atoms with Crippen LogP contribution in [0.4, 0.5) is 15.9 Å². The second-order valence-corrected chi connectivity index (χ2v) is 4.19. The van der Waals surface area contributed by atoms with Gasteiger partial charge in [-0.15, -0.1) is 0 Å². The first-order valence-electron chi connectivity index (χ1n) is 6.38. The number of hydrogen-bond acceptors (Lipinski definition) is 5. The first kappa shape index (κ1) is 14.9. The highest BCUT2D eigenvalue weighted by Gasteiger charge is 2.07. The number of halogens is 1. The summed E-state index contributed by atoms with van der Waals surface area (Å²) in [6.07, 6.45) is 1.42. The fourth-order valence-corrected chi connectivity index (χ4v) is 1.60. The zero-order valence-electron chi connectivity index (χ0n) is 11.7. The first-order chi connectivity index (χ1) is 10.1. The Morgan fingerprint density at radius 3 is 2.76 bits per heavy atom. The van der Waals surface area contributed by atoms with Crippen molar-refractivity contribution in [3.05, 3.63) is 47.7 Å².